The summed E-state index contributed by atoms with van der Waals surface area (Å²) < 4.78 is 11.6. The van der Waals surface area contributed by atoms with Crippen LogP contribution in [0.25, 0.3) is 0 Å². The third-order valence-electron chi connectivity index (χ3n) is 3.76. The van der Waals surface area contributed by atoms with Crippen molar-refractivity contribution in [2.45, 2.75) is 31.5 Å². The lowest BCUT2D eigenvalue weighted by atomic mass is 10.1. The monoisotopic (exact) mass is 281 g/mol. The molecule has 0 saturated carbocycles. The van der Waals surface area contributed by atoms with Gasteiger partial charge < -0.3 is 9.47 Å². The number of rotatable bonds is 4. The maximum absolute atomic E-state index is 5.94. The Morgan fingerprint density at radius 2 is 2.21 bits per heavy atom. The number of hydrogen-bond donors (Lipinski definition) is 0. The smallest absolute Gasteiger partial charge is 0.124 e. The van der Waals surface area contributed by atoms with Crippen molar-refractivity contribution in [3.8, 4) is 5.75 Å². The Morgan fingerprint density at radius 3 is 2.95 bits per heavy atom. The van der Waals surface area contributed by atoms with Crippen molar-refractivity contribution in [2.75, 3.05) is 26.2 Å². The van der Waals surface area contributed by atoms with Gasteiger partial charge in [-0.25, -0.2) is 0 Å². The van der Waals surface area contributed by atoms with E-state index in [-0.39, 0.29) is 0 Å². The Hall–Kier alpha value is -0.770. The van der Waals surface area contributed by atoms with Gasteiger partial charge in [0.25, 0.3) is 0 Å². The van der Waals surface area contributed by atoms with E-state index in [0.717, 1.165) is 37.0 Å². The van der Waals surface area contributed by atoms with Crippen LogP contribution in [0.5, 0.6) is 5.75 Å². The van der Waals surface area contributed by atoms with E-state index in [2.05, 4.69) is 4.90 Å². The normalized spacial score (nSPS) is 25.0. The molecule has 3 nitrogen and oxygen atoms in total. The van der Waals surface area contributed by atoms with Crippen molar-refractivity contribution in [1.29, 1.82) is 0 Å². The fraction of sp³-hybridized carbons (Fsp3) is 0.600. The highest BCUT2D eigenvalue weighted by molar-refractivity contribution is 6.30. The summed E-state index contributed by atoms with van der Waals surface area (Å²) >= 11 is 5.94. The summed E-state index contributed by atoms with van der Waals surface area (Å²) in [5.74, 6) is 0.867. The van der Waals surface area contributed by atoms with Crippen LogP contribution in [0.4, 0.5) is 0 Å². The van der Waals surface area contributed by atoms with Crippen molar-refractivity contribution in [3.05, 3.63) is 29.3 Å². The molecule has 1 aromatic carbocycles. The second-order valence-corrected chi connectivity index (χ2v) is 5.84. The first-order chi connectivity index (χ1) is 9.29. The van der Waals surface area contributed by atoms with E-state index in [4.69, 9.17) is 21.1 Å². The molecule has 1 aromatic rings. The molecule has 0 bridgehead atoms. The van der Waals surface area contributed by atoms with Crippen molar-refractivity contribution >= 4 is 11.6 Å². The first-order valence-corrected chi connectivity index (χ1v) is 7.43. The lowest BCUT2D eigenvalue weighted by Crippen LogP contribution is -2.56. The van der Waals surface area contributed by atoms with Crippen LogP contribution >= 0.6 is 11.6 Å². The Labute approximate surface area is 119 Å². The Morgan fingerprint density at radius 1 is 1.32 bits per heavy atom. The summed E-state index contributed by atoms with van der Waals surface area (Å²) in [4.78, 5) is 2.41. The molecular formula is C15H20ClNO2. The predicted octanol–water partition coefficient (Wildman–Crippen LogP) is 2.97. The van der Waals surface area contributed by atoms with Gasteiger partial charge in [0.1, 0.15) is 11.9 Å². The van der Waals surface area contributed by atoms with Crippen LogP contribution in [0.2, 0.25) is 5.02 Å². The summed E-state index contributed by atoms with van der Waals surface area (Å²) in [5, 5.41) is 0.726. The minimum absolute atomic E-state index is 0.294. The zero-order valence-electron chi connectivity index (χ0n) is 11.1. The lowest BCUT2D eigenvalue weighted by molar-refractivity contribution is -0.0474. The largest absolute Gasteiger partial charge is 0.488 e. The molecule has 0 spiro atoms. The standard InChI is InChI=1S/C15H20ClNO2/c16-12-4-3-6-13(8-12)19-15-10-17(11-15)9-14-5-1-2-7-18-14/h3-4,6,8,14-15H,1-2,5,7,9-11H2. The Kier molecular flexibility index (Phi) is 4.26. The van der Waals surface area contributed by atoms with Crippen LogP contribution in [0.15, 0.2) is 24.3 Å². The molecule has 2 aliphatic rings. The molecule has 0 aromatic heterocycles. The third kappa shape index (κ3) is 3.62. The van der Waals surface area contributed by atoms with Crippen LogP contribution in [-0.4, -0.2) is 43.3 Å². The van der Waals surface area contributed by atoms with Gasteiger partial charge in [-0.2, -0.15) is 0 Å². The average molecular weight is 282 g/mol. The molecule has 1 atom stereocenters. The van der Waals surface area contributed by atoms with Gasteiger partial charge in [-0.05, 0) is 37.5 Å². The van der Waals surface area contributed by atoms with E-state index >= 15 is 0 Å². The molecule has 2 fully saturated rings. The minimum Gasteiger partial charge on any atom is -0.488 e. The van der Waals surface area contributed by atoms with E-state index in [0.29, 0.717) is 12.2 Å². The number of benzene rings is 1. The van der Waals surface area contributed by atoms with Gasteiger partial charge in [0.2, 0.25) is 0 Å². The second-order valence-electron chi connectivity index (χ2n) is 5.40. The fourth-order valence-corrected chi connectivity index (χ4v) is 2.90. The van der Waals surface area contributed by atoms with E-state index in [1.165, 1.54) is 19.3 Å². The van der Waals surface area contributed by atoms with Gasteiger partial charge in [-0.1, -0.05) is 17.7 Å². The number of ether oxygens (including phenoxy) is 2. The quantitative estimate of drug-likeness (QED) is 0.847. The molecule has 0 radical (unpaired) electrons. The topological polar surface area (TPSA) is 21.7 Å². The molecule has 2 aliphatic heterocycles. The van der Waals surface area contributed by atoms with Crippen LogP contribution in [-0.2, 0) is 4.74 Å². The van der Waals surface area contributed by atoms with Crippen molar-refractivity contribution < 1.29 is 9.47 Å². The molecule has 0 N–H and O–H groups in total. The highest BCUT2D eigenvalue weighted by Gasteiger charge is 2.30. The highest BCUT2D eigenvalue weighted by Crippen LogP contribution is 2.23. The lowest BCUT2D eigenvalue weighted by Gasteiger charge is -2.41. The van der Waals surface area contributed by atoms with E-state index in [9.17, 15) is 0 Å². The Balaban J connectivity index is 1.40. The third-order valence-corrected chi connectivity index (χ3v) is 3.99. The number of likely N-dealkylation sites (tertiary alicyclic amines) is 1. The van der Waals surface area contributed by atoms with Gasteiger partial charge in [0.15, 0.2) is 0 Å². The van der Waals surface area contributed by atoms with Gasteiger partial charge in [-0.3, -0.25) is 4.90 Å². The summed E-state index contributed by atoms with van der Waals surface area (Å²) in [6.45, 7) is 3.97. The highest BCUT2D eigenvalue weighted by atomic mass is 35.5. The molecule has 0 amide bonds. The molecule has 19 heavy (non-hydrogen) atoms. The second kappa shape index (κ2) is 6.12. The predicted molar refractivity (Wildman–Crippen MR) is 75.9 cm³/mol. The minimum atomic E-state index is 0.294. The van der Waals surface area contributed by atoms with Crippen molar-refractivity contribution in [1.82, 2.24) is 4.90 Å². The van der Waals surface area contributed by atoms with Gasteiger partial charge in [0, 0.05) is 31.3 Å². The summed E-state index contributed by atoms with van der Waals surface area (Å²) in [7, 11) is 0. The maximum atomic E-state index is 5.94. The molecule has 0 aliphatic carbocycles. The number of halogens is 1. The van der Waals surface area contributed by atoms with Crippen LogP contribution < -0.4 is 4.74 Å². The van der Waals surface area contributed by atoms with Crippen LogP contribution in [0, 0.1) is 0 Å². The Bertz CT molecular complexity index is 414. The maximum Gasteiger partial charge on any atom is 0.124 e. The van der Waals surface area contributed by atoms with Crippen molar-refractivity contribution in [2.24, 2.45) is 0 Å². The molecule has 2 saturated heterocycles. The van der Waals surface area contributed by atoms with E-state index in [1.54, 1.807) is 0 Å². The SMILES string of the molecule is Clc1cccc(OC2CN(CC3CCCCO3)C2)c1. The molecule has 104 valence electrons. The summed E-state index contributed by atoms with van der Waals surface area (Å²) in [5.41, 5.74) is 0. The van der Waals surface area contributed by atoms with E-state index in [1.807, 2.05) is 24.3 Å². The van der Waals surface area contributed by atoms with Gasteiger partial charge in [-0.15, -0.1) is 0 Å². The number of nitrogens with zero attached hydrogens (tertiary/aromatic N) is 1. The first kappa shape index (κ1) is 13.2. The zero-order chi connectivity index (χ0) is 13.1. The fourth-order valence-electron chi connectivity index (χ4n) is 2.72. The summed E-state index contributed by atoms with van der Waals surface area (Å²) in [6.07, 6.45) is 4.46. The number of hydrogen-bond acceptors (Lipinski definition) is 3. The zero-order valence-corrected chi connectivity index (χ0v) is 11.8. The van der Waals surface area contributed by atoms with Crippen LogP contribution in [0.3, 0.4) is 0 Å². The van der Waals surface area contributed by atoms with Crippen LogP contribution in [0.1, 0.15) is 19.3 Å². The molecular weight excluding hydrogens is 262 g/mol. The average Bonchev–Trinajstić information content (AvgIpc) is 2.37. The summed E-state index contributed by atoms with van der Waals surface area (Å²) in [6, 6.07) is 7.61. The molecule has 2 heterocycles. The van der Waals surface area contributed by atoms with E-state index < -0.39 is 0 Å². The molecule has 1 unspecified atom stereocenters. The van der Waals surface area contributed by atoms with Crippen molar-refractivity contribution in [3.63, 3.8) is 0 Å². The molecule has 3 rings (SSSR count). The first-order valence-electron chi connectivity index (χ1n) is 7.06. The molecule has 4 heteroatoms. The van der Waals surface area contributed by atoms with Gasteiger partial charge >= 0.3 is 0 Å². The van der Waals surface area contributed by atoms with Gasteiger partial charge in [0.05, 0.1) is 6.10 Å².